The molecule has 0 aliphatic carbocycles. The molecule has 0 spiro atoms. The molecule has 0 heterocycles. The summed E-state index contributed by atoms with van der Waals surface area (Å²) in [5.74, 6) is 0.00731. The average molecular weight is 441 g/mol. The Hall–Kier alpha value is -2.86. The van der Waals surface area contributed by atoms with Crippen molar-refractivity contribution in [3.63, 3.8) is 0 Å². The standard InChI is InChI=1S/C26H36N2O4/c1-4-7-18-31-24-20-22(26(30)32-19-17-28(5-2)6-3)14-15-23(24)27-25(29)16-13-21-11-9-8-10-12-21/h8-12,14-15,20H,4-7,13,16-19H2,1-3H3,(H,27,29). The SMILES string of the molecule is CCCCOc1cc(C(=O)OCCN(CC)CC)ccc1NC(=O)CCc1ccccc1. The fourth-order valence-corrected chi connectivity index (χ4v) is 3.20. The number of benzene rings is 2. The summed E-state index contributed by atoms with van der Waals surface area (Å²) < 4.78 is 11.3. The maximum absolute atomic E-state index is 12.5. The van der Waals surface area contributed by atoms with E-state index in [1.807, 2.05) is 30.3 Å². The number of likely N-dealkylation sites (N-methyl/N-ethyl adjacent to an activating group) is 1. The number of rotatable bonds is 14. The van der Waals surface area contributed by atoms with Crippen LogP contribution in [0.5, 0.6) is 5.75 Å². The smallest absolute Gasteiger partial charge is 0.338 e. The van der Waals surface area contributed by atoms with E-state index in [-0.39, 0.29) is 11.9 Å². The molecule has 0 aliphatic heterocycles. The van der Waals surface area contributed by atoms with Crippen molar-refractivity contribution in [2.45, 2.75) is 46.5 Å². The largest absolute Gasteiger partial charge is 0.491 e. The van der Waals surface area contributed by atoms with Gasteiger partial charge < -0.3 is 19.7 Å². The molecule has 0 unspecified atom stereocenters. The Morgan fingerprint density at radius 2 is 1.72 bits per heavy atom. The summed E-state index contributed by atoms with van der Waals surface area (Å²) in [5.41, 5.74) is 2.10. The molecule has 6 heteroatoms. The molecule has 1 amide bonds. The second-order valence-electron chi connectivity index (χ2n) is 7.61. The normalized spacial score (nSPS) is 10.8. The molecule has 32 heavy (non-hydrogen) atoms. The number of unbranched alkanes of at least 4 members (excludes halogenated alkanes) is 1. The van der Waals surface area contributed by atoms with E-state index < -0.39 is 0 Å². The molecule has 2 aromatic rings. The molecule has 0 radical (unpaired) electrons. The molecule has 0 bridgehead atoms. The van der Waals surface area contributed by atoms with Gasteiger partial charge in [-0.1, -0.05) is 57.5 Å². The Morgan fingerprint density at radius 1 is 0.969 bits per heavy atom. The van der Waals surface area contributed by atoms with Crippen LogP contribution in [0, 0.1) is 0 Å². The highest BCUT2D eigenvalue weighted by Crippen LogP contribution is 2.27. The van der Waals surface area contributed by atoms with Gasteiger partial charge in [0.05, 0.1) is 17.9 Å². The van der Waals surface area contributed by atoms with Crippen LogP contribution < -0.4 is 10.1 Å². The topological polar surface area (TPSA) is 67.9 Å². The monoisotopic (exact) mass is 440 g/mol. The minimum Gasteiger partial charge on any atom is -0.491 e. The maximum Gasteiger partial charge on any atom is 0.338 e. The van der Waals surface area contributed by atoms with E-state index in [9.17, 15) is 9.59 Å². The second kappa shape index (κ2) is 14.2. The first-order chi connectivity index (χ1) is 15.6. The summed E-state index contributed by atoms with van der Waals surface area (Å²) in [6.07, 6.45) is 2.91. The molecule has 6 nitrogen and oxygen atoms in total. The molecular weight excluding hydrogens is 404 g/mol. The van der Waals surface area contributed by atoms with Gasteiger partial charge in [-0.15, -0.1) is 0 Å². The lowest BCUT2D eigenvalue weighted by molar-refractivity contribution is -0.116. The summed E-state index contributed by atoms with van der Waals surface area (Å²) in [6, 6.07) is 14.9. The van der Waals surface area contributed by atoms with Crippen LogP contribution in [0.25, 0.3) is 0 Å². The molecule has 2 rings (SSSR count). The summed E-state index contributed by atoms with van der Waals surface area (Å²) in [6.45, 7) is 9.64. The van der Waals surface area contributed by atoms with Crippen molar-refractivity contribution >= 4 is 17.6 Å². The van der Waals surface area contributed by atoms with Gasteiger partial charge in [-0.05, 0) is 49.7 Å². The van der Waals surface area contributed by atoms with Crippen LogP contribution in [0.3, 0.4) is 0 Å². The molecule has 0 saturated carbocycles. The van der Waals surface area contributed by atoms with Crippen molar-refractivity contribution in [2.24, 2.45) is 0 Å². The zero-order chi connectivity index (χ0) is 23.2. The van der Waals surface area contributed by atoms with E-state index in [0.29, 0.717) is 49.6 Å². The van der Waals surface area contributed by atoms with E-state index >= 15 is 0 Å². The number of esters is 1. The molecule has 174 valence electrons. The number of hydrogen-bond donors (Lipinski definition) is 1. The predicted molar refractivity (Wildman–Crippen MR) is 128 cm³/mol. The Labute approximate surface area is 191 Å². The molecule has 0 saturated heterocycles. The van der Waals surface area contributed by atoms with Crippen LogP contribution in [-0.2, 0) is 16.0 Å². The highest BCUT2D eigenvalue weighted by molar-refractivity contribution is 5.95. The molecule has 0 fully saturated rings. The number of aryl methyl sites for hydroxylation is 1. The van der Waals surface area contributed by atoms with Crippen molar-refractivity contribution in [1.82, 2.24) is 4.90 Å². The third-order valence-corrected chi connectivity index (χ3v) is 5.27. The number of nitrogens with one attached hydrogen (secondary N) is 1. The van der Waals surface area contributed by atoms with E-state index in [2.05, 4.69) is 31.0 Å². The van der Waals surface area contributed by atoms with Crippen LogP contribution in [0.1, 0.15) is 56.0 Å². The van der Waals surface area contributed by atoms with Gasteiger partial charge in [-0.3, -0.25) is 4.79 Å². The van der Waals surface area contributed by atoms with Gasteiger partial charge in [0.25, 0.3) is 0 Å². The summed E-state index contributed by atoms with van der Waals surface area (Å²) in [5, 5.41) is 2.92. The minimum absolute atomic E-state index is 0.0938. The minimum atomic E-state index is -0.389. The lowest BCUT2D eigenvalue weighted by Crippen LogP contribution is -2.27. The van der Waals surface area contributed by atoms with Gasteiger partial charge in [-0.2, -0.15) is 0 Å². The van der Waals surface area contributed by atoms with Crippen molar-refractivity contribution in [1.29, 1.82) is 0 Å². The first-order valence-corrected chi connectivity index (χ1v) is 11.6. The highest BCUT2D eigenvalue weighted by atomic mass is 16.5. The fourth-order valence-electron chi connectivity index (χ4n) is 3.20. The Balaban J connectivity index is 2.01. The summed E-state index contributed by atoms with van der Waals surface area (Å²) in [4.78, 5) is 27.2. The third kappa shape index (κ3) is 8.71. The number of carbonyl (C=O) groups is 2. The molecule has 1 N–H and O–H groups in total. The number of hydrogen-bond acceptors (Lipinski definition) is 5. The second-order valence-corrected chi connectivity index (χ2v) is 7.61. The lowest BCUT2D eigenvalue weighted by atomic mass is 10.1. The maximum atomic E-state index is 12.5. The first kappa shape index (κ1) is 25.4. The van der Waals surface area contributed by atoms with E-state index in [1.54, 1.807) is 18.2 Å². The number of amides is 1. The summed E-state index contributed by atoms with van der Waals surface area (Å²) in [7, 11) is 0. The molecule has 2 aromatic carbocycles. The van der Waals surface area contributed by atoms with Gasteiger partial charge in [0.2, 0.25) is 5.91 Å². The van der Waals surface area contributed by atoms with Crippen LogP contribution in [0.15, 0.2) is 48.5 Å². The first-order valence-electron chi connectivity index (χ1n) is 11.6. The third-order valence-electron chi connectivity index (χ3n) is 5.27. The van der Waals surface area contributed by atoms with Crippen LogP contribution in [0.2, 0.25) is 0 Å². The zero-order valence-corrected chi connectivity index (χ0v) is 19.6. The quantitative estimate of drug-likeness (QED) is 0.333. The Bertz CT molecular complexity index is 835. The van der Waals surface area contributed by atoms with E-state index in [1.165, 1.54) is 0 Å². The highest BCUT2D eigenvalue weighted by Gasteiger charge is 2.14. The number of nitrogens with zero attached hydrogens (tertiary/aromatic N) is 1. The predicted octanol–water partition coefficient (Wildman–Crippen LogP) is 4.94. The fraction of sp³-hybridized carbons (Fsp3) is 0.462. The van der Waals surface area contributed by atoms with Crippen LogP contribution >= 0.6 is 0 Å². The molecule has 0 atom stereocenters. The van der Waals surface area contributed by atoms with Crippen molar-refractivity contribution < 1.29 is 19.1 Å². The number of ether oxygens (including phenoxy) is 2. The summed E-state index contributed by atoms with van der Waals surface area (Å²) >= 11 is 0. The van der Waals surface area contributed by atoms with Gasteiger partial charge in [0.15, 0.2) is 0 Å². The Morgan fingerprint density at radius 3 is 2.41 bits per heavy atom. The van der Waals surface area contributed by atoms with Crippen LogP contribution in [-0.4, -0.2) is 49.6 Å². The van der Waals surface area contributed by atoms with Crippen LogP contribution in [0.4, 0.5) is 5.69 Å². The zero-order valence-electron chi connectivity index (χ0n) is 19.6. The molecule has 0 aromatic heterocycles. The van der Waals surface area contributed by atoms with Gasteiger partial charge >= 0.3 is 5.97 Å². The van der Waals surface area contributed by atoms with E-state index in [4.69, 9.17) is 9.47 Å². The molecular formula is C26H36N2O4. The van der Waals surface area contributed by atoms with Crippen molar-refractivity contribution in [2.75, 3.05) is 38.2 Å². The van der Waals surface area contributed by atoms with Gasteiger partial charge in [0.1, 0.15) is 12.4 Å². The molecule has 0 aliphatic rings. The van der Waals surface area contributed by atoms with E-state index in [0.717, 1.165) is 31.5 Å². The lowest BCUT2D eigenvalue weighted by Gasteiger charge is -2.18. The van der Waals surface area contributed by atoms with Crippen molar-refractivity contribution in [3.8, 4) is 5.75 Å². The Kier molecular flexibility index (Phi) is 11.3. The number of carbonyl (C=O) groups excluding carboxylic acids is 2. The van der Waals surface area contributed by atoms with Gasteiger partial charge in [-0.25, -0.2) is 4.79 Å². The van der Waals surface area contributed by atoms with Crippen molar-refractivity contribution in [3.05, 3.63) is 59.7 Å². The van der Waals surface area contributed by atoms with Gasteiger partial charge in [0, 0.05) is 13.0 Å². The number of anilines is 1. The average Bonchev–Trinajstić information content (AvgIpc) is 2.82.